The summed E-state index contributed by atoms with van der Waals surface area (Å²) in [4.78, 5) is 24.1. The molecule has 2 aromatic rings. The highest BCUT2D eigenvalue weighted by Gasteiger charge is 2.15. The van der Waals surface area contributed by atoms with Crippen molar-refractivity contribution in [2.45, 2.75) is 13.8 Å². The number of nitrogens with one attached hydrogen (secondary N) is 1. The quantitative estimate of drug-likeness (QED) is 0.879. The number of carbonyl (C=O) groups excluding carboxylic acids is 2. The zero-order valence-electron chi connectivity index (χ0n) is 13.6. The van der Waals surface area contributed by atoms with Crippen LogP contribution >= 0.6 is 0 Å². The predicted molar refractivity (Wildman–Crippen MR) is 88.2 cm³/mol. The second-order valence-corrected chi connectivity index (χ2v) is 5.18. The molecule has 120 valence electrons. The van der Waals surface area contributed by atoms with Crippen molar-refractivity contribution in [1.82, 2.24) is 0 Å². The van der Waals surface area contributed by atoms with Crippen molar-refractivity contribution in [3.8, 4) is 5.75 Å². The highest BCUT2D eigenvalue weighted by molar-refractivity contribution is 6.06. The fourth-order valence-electron chi connectivity index (χ4n) is 2.31. The van der Waals surface area contributed by atoms with Gasteiger partial charge >= 0.3 is 5.97 Å². The van der Waals surface area contributed by atoms with Crippen LogP contribution in [0.25, 0.3) is 0 Å². The Labute approximate surface area is 135 Å². The van der Waals surface area contributed by atoms with Crippen molar-refractivity contribution < 1.29 is 19.1 Å². The number of hydrogen-bond acceptors (Lipinski definition) is 4. The molecule has 0 aliphatic carbocycles. The van der Waals surface area contributed by atoms with E-state index in [2.05, 4.69) is 5.32 Å². The van der Waals surface area contributed by atoms with Crippen LogP contribution in [0.15, 0.2) is 36.4 Å². The summed E-state index contributed by atoms with van der Waals surface area (Å²) in [5.74, 6) is -0.270. The molecule has 2 aromatic carbocycles. The predicted octanol–water partition coefficient (Wildman–Crippen LogP) is 3.35. The first kappa shape index (κ1) is 16.5. The number of rotatable bonds is 4. The highest BCUT2D eigenvalue weighted by atomic mass is 16.5. The number of hydrogen-bond donors (Lipinski definition) is 1. The standard InChI is InChI=1S/C18H19NO4/c1-11-5-7-14(12(2)9-11)17(20)19-15-10-13(18(21)23-4)6-8-16(15)22-3/h5-10H,1-4H3,(H,19,20). The van der Waals surface area contributed by atoms with E-state index < -0.39 is 5.97 Å². The van der Waals surface area contributed by atoms with Gasteiger partial charge in [0, 0.05) is 5.56 Å². The third-order valence-electron chi connectivity index (χ3n) is 3.50. The van der Waals surface area contributed by atoms with Gasteiger partial charge in [-0.05, 0) is 43.7 Å². The molecular weight excluding hydrogens is 294 g/mol. The highest BCUT2D eigenvalue weighted by Crippen LogP contribution is 2.26. The van der Waals surface area contributed by atoms with Crippen LogP contribution in [-0.2, 0) is 4.74 Å². The summed E-state index contributed by atoms with van der Waals surface area (Å²) in [6.07, 6.45) is 0. The average Bonchev–Trinajstić information content (AvgIpc) is 2.53. The van der Waals surface area contributed by atoms with Gasteiger partial charge in [0.2, 0.25) is 0 Å². The van der Waals surface area contributed by atoms with Gasteiger partial charge in [0.25, 0.3) is 5.91 Å². The van der Waals surface area contributed by atoms with Crippen molar-refractivity contribution in [3.63, 3.8) is 0 Å². The number of anilines is 1. The summed E-state index contributed by atoms with van der Waals surface area (Å²) >= 11 is 0. The largest absolute Gasteiger partial charge is 0.495 e. The lowest BCUT2D eigenvalue weighted by atomic mass is 10.0. The van der Waals surface area contributed by atoms with Crippen LogP contribution in [0.5, 0.6) is 5.75 Å². The molecule has 0 heterocycles. The molecule has 0 atom stereocenters. The fraction of sp³-hybridized carbons (Fsp3) is 0.222. The normalized spacial score (nSPS) is 10.1. The van der Waals surface area contributed by atoms with Crippen LogP contribution in [0, 0.1) is 13.8 Å². The molecule has 1 N–H and O–H groups in total. The number of carbonyl (C=O) groups is 2. The first-order valence-corrected chi connectivity index (χ1v) is 7.11. The lowest BCUT2D eigenvalue weighted by Crippen LogP contribution is -2.15. The topological polar surface area (TPSA) is 64.6 Å². The minimum Gasteiger partial charge on any atom is -0.495 e. The van der Waals surface area contributed by atoms with Gasteiger partial charge in [0.05, 0.1) is 25.5 Å². The van der Waals surface area contributed by atoms with Crippen LogP contribution in [0.3, 0.4) is 0 Å². The summed E-state index contributed by atoms with van der Waals surface area (Å²) in [6.45, 7) is 3.85. The summed E-state index contributed by atoms with van der Waals surface area (Å²) in [6, 6.07) is 10.3. The van der Waals surface area contributed by atoms with Crippen LogP contribution in [0.4, 0.5) is 5.69 Å². The molecule has 23 heavy (non-hydrogen) atoms. The molecule has 0 radical (unpaired) electrons. The molecule has 1 amide bonds. The Morgan fingerprint density at radius 1 is 1.00 bits per heavy atom. The van der Waals surface area contributed by atoms with Gasteiger partial charge in [-0.2, -0.15) is 0 Å². The molecular formula is C18H19NO4. The minimum atomic E-state index is -0.477. The molecule has 2 rings (SSSR count). The number of ether oxygens (including phenoxy) is 2. The van der Waals surface area contributed by atoms with E-state index in [-0.39, 0.29) is 5.91 Å². The van der Waals surface area contributed by atoms with E-state index in [1.807, 2.05) is 26.0 Å². The van der Waals surface area contributed by atoms with Crippen molar-refractivity contribution in [1.29, 1.82) is 0 Å². The minimum absolute atomic E-state index is 0.261. The lowest BCUT2D eigenvalue weighted by molar-refractivity contribution is 0.0600. The van der Waals surface area contributed by atoms with Crippen molar-refractivity contribution >= 4 is 17.6 Å². The summed E-state index contributed by atoms with van der Waals surface area (Å²) in [7, 11) is 2.81. The molecule has 0 bridgehead atoms. The van der Waals surface area contributed by atoms with E-state index in [1.165, 1.54) is 20.3 Å². The first-order valence-electron chi connectivity index (χ1n) is 7.11. The molecule has 5 heteroatoms. The van der Waals surface area contributed by atoms with E-state index in [9.17, 15) is 9.59 Å². The maximum atomic E-state index is 12.5. The Bertz CT molecular complexity index is 753. The van der Waals surface area contributed by atoms with Crippen LogP contribution in [0.1, 0.15) is 31.8 Å². The Morgan fingerprint density at radius 3 is 2.35 bits per heavy atom. The molecule has 0 aliphatic rings. The second-order valence-electron chi connectivity index (χ2n) is 5.18. The van der Waals surface area contributed by atoms with E-state index in [0.29, 0.717) is 22.6 Å². The fourth-order valence-corrected chi connectivity index (χ4v) is 2.31. The number of aryl methyl sites for hydroxylation is 2. The van der Waals surface area contributed by atoms with E-state index in [1.54, 1.807) is 18.2 Å². The second kappa shape index (κ2) is 6.96. The maximum Gasteiger partial charge on any atom is 0.337 e. The molecule has 0 spiro atoms. The van der Waals surface area contributed by atoms with Gasteiger partial charge in [0.1, 0.15) is 5.75 Å². The van der Waals surface area contributed by atoms with Gasteiger partial charge in [-0.3, -0.25) is 4.79 Å². The molecule has 5 nitrogen and oxygen atoms in total. The third-order valence-corrected chi connectivity index (χ3v) is 3.50. The number of amides is 1. The van der Waals surface area contributed by atoms with E-state index >= 15 is 0 Å². The van der Waals surface area contributed by atoms with Crippen molar-refractivity contribution in [2.24, 2.45) is 0 Å². The van der Waals surface area contributed by atoms with Crippen LogP contribution in [0.2, 0.25) is 0 Å². The molecule has 0 unspecified atom stereocenters. The smallest absolute Gasteiger partial charge is 0.337 e. The zero-order valence-corrected chi connectivity index (χ0v) is 13.6. The van der Waals surface area contributed by atoms with Crippen molar-refractivity contribution in [2.75, 3.05) is 19.5 Å². The Hall–Kier alpha value is -2.82. The van der Waals surface area contributed by atoms with Gasteiger partial charge in [-0.15, -0.1) is 0 Å². The average molecular weight is 313 g/mol. The Balaban J connectivity index is 2.34. The number of esters is 1. The van der Waals surface area contributed by atoms with E-state index in [4.69, 9.17) is 9.47 Å². The van der Waals surface area contributed by atoms with Crippen LogP contribution in [-0.4, -0.2) is 26.1 Å². The summed E-state index contributed by atoms with van der Waals surface area (Å²) < 4.78 is 9.93. The SMILES string of the molecule is COC(=O)c1ccc(OC)c(NC(=O)c2ccc(C)cc2C)c1. The lowest BCUT2D eigenvalue weighted by Gasteiger charge is -2.13. The van der Waals surface area contributed by atoms with Crippen molar-refractivity contribution in [3.05, 3.63) is 58.7 Å². The molecule has 0 aliphatic heterocycles. The van der Waals surface area contributed by atoms with Gasteiger partial charge < -0.3 is 14.8 Å². The van der Waals surface area contributed by atoms with Gasteiger partial charge in [-0.25, -0.2) is 4.79 Å². The van der Waals surface area contributed by atoms with Crippen LogP contribution < -0.4 is 10.1 Å². The third kappa shape index (κ3) is 3.69. The maximum absolute atomic E-state index is 12.5. The van der Waals surface area contributed by atoms with E-state index in [0.717, 1.165) is 11.1 Å². The monoisotopic (exact) mass is 313 g/mol. The Kier molecular flexibility index (Phi) is 5.01. The zero-order chi connectivity index (χ0) is 17.0. The first-order chi connectivity index (χ1) is 11.0. The molecule has 0 fully saturated rings. The van der Waals surface area contributed by atoms with Gasteiger partial charge in [0.15, 0.2) is 0 Å². The Morgan fingerprint density at radius 2 is 1.74 bits per heavy atom. The number of methoxy groups -OCH3 is 2. The number of benzene rings is 2. The van der Waals surface area contributed by atoms with Gasteiger partial charge in [-0.1, -0.05) is 17.7 Å². The molecule has 0 saturated carbocycles. The molecule has 0 aromatic heterocycles. The summed E-state index contributed by atoms with van der Waals surface area (Å²) in [5.41, 5.74) is 3.29. The summed E-state index contributed by atoms with van der Waals surface area (Å²) in [5, 5.41) is 2.79. The molecule has 0 saturated heterocycles.